The van der Waals surface area contributed by atoms with Crippen molar-refractivity contribution in [3.05, 3.63) is 60.1 Å². The molecule has 0 aliphatic carbocycles. The molecule has 2 N–H and O–H groups in total. The quantitative estimate of drug-likeness (QED) is 0.608. The van der Waals surface area contributed by atoms with Crippen LogP contribution in [0.3, 0.4) is 0 Å². The van der Waals surface area contributed by atoms with Crippen LogP contribution in [-0.4, -0.2) is 34.9 Å². The summed E-state index contributed by atoms with van der Waals surface area (Å²) in [4.78, 5) is 26.8. The normalized spacial score (nSPS) is 14.8. The van der Waals surface area contributed by atoms with E-state index in [9.17, 15) is 9.59 Å². The molecule has 0 unspecified atom stereocenters. The molecule has 1 aromatic carbocycles. The lowest BCUT2D eigenvalue weighted by molar-refractivity contribution is -0.115. The van der Waals surface area contributed by atoms with Crippen molar-refractivity contribution >= 4 is 40.9 Å². The first-order valence-corrected chi connectivity index (χ1v) is 9.65. The molecule has 1 saturated heterocycles. The summed E-state index contributed by atoms with van der Waals surface area (Å²) in [5.74, 6) is 0.805. The van der Waals surface area contributed by atoms with E-state index in [0.29, 0.717) is 22.9 Å². The first kappa shape index (κ1) is 19.8. The summed E-state index contributed by atoms with van der Waals surface area (Å²) in [6.45, 7) is 3.72. The third kappa shape index (κ3) is 5.29. The van der Waals surface area contributed by atoms with Crippen molar-refractivity contribution in [3.8, 4) is 0 Å². The summed E-state index contributed by atoms with van der Waals surface area (Å²) in [6, 6.07) is 10.7. The van der Waals surface area contributed by atoms with Gasteiger partial charge in [0.25, 0.3) is 5.91 Å². The first-order valence-electron chi connectivity index (χ1n) is 9.25. The Morgan fingerprint density at radius 2 is 1.93 bits per heavy atom. The predicted octanol–water partition coefficient (Wildman–Crippen LogP) is 3.68. The lowest BCUT2D eigenvalue weighted by Crippen LogP contribution is -2.39. The number of hydrogen-bond acceptors (Lipinski definition) is 4. The van der Waals surface area contributed by atoms with Gasteiger partial charge in [0.15, 0.2) is 5.11 Å². The second-order valence-electron chi connectivity index (χ2n) is 6.81. The van der Waals surface area contributed by atoms with E-state index in [1.807, 2.05) is 17.0 Å². The van der Waals surface area contributed by atoms with Gasteiger partial charge >= 0.3 is 0 Å². The molecule has 0 spiro atoms. The molecule has 2 aromatic rings. The van der Waals surface area contributed by atoms with Gasteiger partial charge in [-0.15, -0.1) is 0 Å². The number of nitrogens with zero attached hydrogens (tertiary/aromatic N) is 1. The molecule has 0 atom stereocenters. The van der Waals surface area contributed by atoms with E-state index in [1.165, 1.54) is 12.3 Å². The zero-order valence-corrected chi connectivity index (χ0v) is 16.5. The fourth-order valence-electron chi connectivity index (χ4n) is 3.01. The number of para-hydroxylation sites is 1. The van der Waals surface area contributed by atoms with Crippen molar-refractivity contribution in [2.24, 2.45) is 5.92 Å². The molecule has 1 aliphatic rings. The Morgan fingerprint density at radius 1 is 1.18 bits per heavy atom. The molecule has 6 nitrogen and oxygen atoms in total. The van der Waals surface area contributed by atoms with Crippen LogP contribution < -0.4 is 10.6 Å². The molecule has 3 rings (SSSR count). The lowest BCUT2D eigenvalue weighted by atomic mass is 9.98. The molecule has 146 valence electrons. The van der Waals surface area contributed by atoms with Gasteiger partial charge in [0.05, 0.1) is 17.5 Å². The van der Waals surface area contributed by atoms with Crippen LogP contribution in [0.4, 0.5) is 5.69 Å². The maximum atomic E-state index is 12.9. The van der Waals surface area contributed by atoms with Crippen molar-refractivity contribution < 1.29 is 14.0 Å². The number of hydrogen-bond donors (Lipinski definition) is 2. The molecule has 1 fully saturated rings. The number of nitrogens with one attached hydrogen (secondary N) is 2. The maximum Gasteiger partial charge on any atom is 0.255 e. The zero-order chi connectivity index (χ0) is 19.9. The van der Waals surface area contributed by atoms with Gasteiger partial charge in [0.1, 0.15) is 5.76 Å². The molecule has 0 saturated carbocycles. The third-order valence-corrected chi connectivity index (χ3v) is 4.86. The Balaban J connectivity index is 1.61. The average molecular weight is 398 g/mol. The smallest absolute Gasteiger partial charge is 0.255 e. The highest BCUT2D eigenvalue weighted by atomic mass is 32.1. The molecule has 2 amide bonds. The lowest BCUT2D eigenvalue weighted by Gasteiger charge is -2.30. The van der Waals surface area contributed by atoms with Crippen LogP contribution in [0.25, 0.3) is 6.08 Å². The van der Waals surface area contributed by atoms with Crippen LogP contribution in [-0.2, 0) is 4.79 Å². The Labute approximate surface area is 169 Å². The number of carbonyl (C=O) groups is 2. The van der Waals surface area contributed by atoms with Gasteiger partial charge in [0.2, 0.25) is 5.91 Å². The first-order chi connectivity index (χ1) is 13.5. The van der Waals surface area contributed by atoms with Gasteiger partial charge in [-0.1, -0.05) is 19.1 Å². The van der Waals surface area contributed by atoms with Gasteiger partial charge in [0, 0.05) is 19.2 Å². The number of amides is 2. The number of furan rings is 1. The highest BCUT2D eigenvalue weighted by Crippen LogP contribution is 2.22. The van der Waals surface area contributed by atoms with Crippen LogP contribution in [0.15, 0.2) is 53.2 Å². The molecule has 0 radical (unpaired) electrons. The van der Waals surface area contributed by atoms with Crippen molar-refractivity contribution in [1.29, 1.82) is 0 Å². The average Bonchev–Trinajstić information content (AvgIpc) is 3.20. The van der Waals surface area contributed by atoms with Gasteiger partial charge < -0.3 is 14.6 Å². The summed E-state index contributed by atoms with van der Waals surface area (Å²) in [6.07, 6.45) is 6.43. The Hall–Kier alpha value is -2.93. The number of benzene rings is 1. The van der Waals surface area contributed by atoms with Crippen molar-refractivity contribution in [1.82, 2.24) is 10.2 Å². The molecule has 28 heavy (non-hydrogen) atoms. The SMILES string of the molecule is CC1CCN(C(=O)c2ccccc2NC(=S)NC(=O)/C=C/c2ccco2)CC1. The maximum absolute atomic E-state index is 12.9. The van der Waals surface area contributed by atoms with E-state index in [0.717, 1.165) is 25.9 Å². The van der Waals surface area contributed by atoms with Crippen LogP contribution >= 0.6 is 12.2 Å². The zero-order valence-electron chi connectivity index (χ0n) is 15.7. The Kier molecular flexibility index (Phi) is 6.60. The number of piperidine rings is 1. The molecule has 7 heteroatoms. The summed E-state index contributed by atoms with van der Waals surface area (Å²) < 4.78 is 5.13. The summed E-state index contributed by atoms with van der Waals surface area (Å²) >= 11 is 5.22. The van der Waals surface area contributed by atoms with Crippen molar-refractivity contribution in [2.45, 2.75) is 19.8 Å². The van der Waals surface area contributed by atoms with Crippen LogP contribution in [0, 0.1) is 5.92 Å². The second kappa shape index (κ2) is 9.32. The molecule has 0 bridgehead atoms. The van der Waals surface area contributed by atoms with Gasteiger partial charge in [-0.2, -0.15) is 0 Å². The van der Waals surface area contributed by atoms with E-state index >= 15 is 0 Å². The minimum atomic E-state index is -0.386. The fraction of sp³-hybridized carbons (Fsp3) is 0.286. The monoisotopic (exact) mass is 397 g/mol. The third-order valence-electron chi connectivity index (χ3n) is 4.66. The highest BCUT2D eigenvalue weighted by molar-refractivity contribution is 7.80. The van der Waals surface area contributed by atoms with Crippen LogP contribution in [0.1, 0.15) is 35.9 Å². The van der Waals surface area contributed by atoms with E-state index in [-0.39, 0.29) is 16.9 Å². The molecule has 1 aliphatic heterocycles. The number of rotatable bonds is 4. The number of carbonyl (C=O) groups excluding carboxylic acids is 2. The van der Waals surface area contributed by atoms with Gasteiger partial charge in [-0.25, -0.2) is 0 Å². The van der Waals surface area contributed by atoms with E-state index in [4.69, 9.17) is 16.6 Å². The Bertz CT molecular complexity index is 869. The van der Waals surface area contributed by atoms with E-state index in [2.05, 4.69) is 17.6 Å². The molecule has 1 aromatic heterocycles. The highest BCUT2D eigenvalue weighted by Gasteiger charge is 2.23. The van der Waals surface area contributed by atoms with Crippen LogP contribution in [0.5, 0.6) is 0 Å². The topological polar surface area (TPSA) is 74.6 Å². The summed E-state index contributed by atoms with van der Waals surface area (Å²) in [5, 5.41) is 5.65. The minimum absolute atomic E-state index is 0.0261. The molecular weight excluding hydrogens is 374 g/mol. The van der Waals surface area contributed by atoms with Crippen LogP contribution in [0.2, 0.25) is 0 Å². The minimum Gasteiger partial charge on any atom is -0.465 e. The van der Waals surface area contributed by atoms with Crippen molar-refractivity contribution in [2.75, 3.05) is 18.4 Å². The number of thiocarbonyl (C=S) groups is 1. The van der Waals surface area contributed by atoms with Gasteiger partial charge in [-0.3, -0.25) is 14.9 Å². The standard InChI is InChI=1S/C21H23N3O3S/c1-15-10-12-24(13-11-15)20(26)17-6-2-3-7-18(17)22-21(28)23-19(25)9-8-16-5-4-14-27-16/h2-9,14-15H,10-13H2,1H3,(H2,22,23,25,28)/b9-8+. The summed E-state index contributed by atoms with van der Waals surface area (Å²) in [5.41, 5.74) is 1.12. The van der Waals surface area contributed by atoms with E-state index in [1.54, 1.807) is 30.3 Å². The molecular formula is C21H23N3O3S. The van der Waals surface area contributed by atoms with Crippen molar-refractivity contribution in [3.63, 3.8) is 0 Å². The largest absolute Gasteiger partial charge is 0.465 e. The Morgan fingerprint density at radius 3 is 2.64 bits per heavy atom. The predicted molar refractivity (Wildman–Crippen MR) is 113 cm³/mol. The van der Waals surface area contributed by atoms with E-state index < -0.39 is 0 Å². The van der Waals surface area contributed by atoms with Gasteiger partial charge in [-0.05, 0) is 61.3 Å². The number of likely N-dealkylation sites (tertiary alicyclic amines) is 1. The number of anilines is 1. The fourth-order valence-corrected chi connectivity index (χ4v) is 3.22. The second-order valence-corrected chi connectivity index (χ2v) is 7.22. The summed E-state index contributed by atoms with van der Waals surface area (Å²) in [7, 11) is 0. The molecule has 2 heterocycles.